The number of benzene rings is 1. The van der Waals surface area contributed by atoms with Crippen molar-refractivity contribution in [2.45, 2.75) is 19.5 Å². The van der Waals surface area contributed by atoms with Crippen LogP contribution in [0.15, 0.2) is 22.7 Å². The Morgan fingerprint density at radius 2 is 2.11 bits per heavy atom. The number of halogens is 2. The van der Waals surface area contributed by atoms with Crippen LogP contribution in [0, 0.1) is 11.7 Å². The second-order valence-electron chi connectivity index (χ2n) is 5.42. The summed E-state index contributed by atoms with van der Waals surface area (Å²) in [4.78, 5) is 4.68. The SMILES string of the molecule is CC1CN(Cc2cccc(F)c2Br)CC1N(C)C. The predicted octanol–water partition coefficient (Wildman–Crippen LogP) is 2.97. The van der Waals surface area contributed by atoms with Crippen molar-refractivity contribution in [2.24, 2.45) is 5.92 Å². The average Bonchev–Trinajstić information content (AvgIpc) is 2.66. The van der Waals surface area contributed by atoms with Gasteiger partial charge in [0.2, 0.25) is 0 Å². The van der Waals surface area contributed by atoms with E-state index in [9.17, 15) is 4.39 Å². The number of likely N-dealkylation sites (tertiary alicyclic amines) is 1. The van der Waals surface area contributed by atoms with Crippen LogP contribution in [-0.4, -0.2) is 43.0 Å². The van der Waals surface area contributed by atoms with Crippen LogP contribution in [0.5, 0.6) is 0 Å². The van der Waals surface area contributed by atoms with Gasteiger partial charge >= 0.3 is 0 Å². The van der Waals surface area contributed by atoms with Gasteiger partial charge in [0.05, 0.1) is 4.47 Å². The molecule has 1 aliphatic heterocycles. The molecule has 0 bridgehead atoms. The lowest BCUT2D eigenvalue weighted by Gasteiger charge is -2.22. The van der Waals surface area contributed by atoms with Crippen LogP contribution in [0.25, 0.3) is 0 Å². The van der Waals surface area contributed by atoms with E-state index in [-0.39, 0.29) is 5.82 Å². The van der Waals surface area contributed by atoms with Crippen LogP contribution >= 0.6 is 15.9 Å². The fourth-order valence-corrected chi connectivity index (χ4v) is 3.15. The molecule has 1 aromatic carbocycles. The molecule has 0 radical (unpaired) electrons. The van der Waals surface area contributed by atoms with Crippen LogP contribution in [0.1, 0.15) is 12.5 Å². The highest BCUT2D eigenvalue weighted by Gasteiger charge is 2.31. The maximum atomic E-state index is 13.5. The number of likely N-dealkylation sites (N-methyl/N-ethyl adjacent to an activating group) is 1. The summed E-state index contributed by atoms with van der Waals surface area (Å²) in [5.41, 5.74) is 1.03. The third kappa shape index (κ3) is 2.92. The van der Waals surface area contributed by atoms with Gasteiger partial charge in [0.25, 0.3) is 0 Å². The third-order valence-electron chi connectivity index (χ3n) is 3.74. The predicted molar refractivity (Wildman–Crippen MR) is 76.0 cm³/mol. The average molecular weight is 315 g/mol. The Kier molecular flexibility index (Phi) is 4.41. The molecule has 2 atom stereocenters. The van der Waals surface area contributed by atoms with Crippen molar-refractivity contribution in [1.82, 2.24) is 9.80 Å². The van der Waals surface area contributed by atoms with Gasteiger partial charge < -0.3 is 4.90 Å². The molecule has 0 N–H and O–H groups in total. The number of hydrogen-bond acceptors (Lipinski definition) is 2. The maximum Gasteiger partial charge on any atom is 0.137 e. The van der Waals surface area contributed by atoms with E-state index in [1.54, 1.807) is 6.07 Å². The molecule has 1 fully saturated rings. The van der Waals surface area contributed by atoms with Gasteiger partial charge in [0.15, 0.2) is 0 Å². The minimum absolute atomic E-state index is 0.177. The summed E-state index contributed by atoms with van der Waals surface area (Å²) in [5, 5.41) is 0. The Morgan fingerprint density at radius 1 is 1.39 bits per heavy atom. The highest BCUT2D eigenvalue weighted by Crippen LogP contribution is 2.26. The zero-order valence-corrected chi connectivity index (χ0v) is 12.7. The van der Waals surface area contributed by atoms with Gasteiger partial charge in [0.1, 0.15) is 5.82 Å². The zero-order valence-electron chi connectivity index (χ0n) is 11.2. The van der Waals surface area contributed by atoms with Crippen LogP contribution in [0.4, 0.5) is 4.39 Å². The number of nitrogens with zero attached hydrogens (tertiary/aromatic N) is 2. The fourth-order valence-electron chi connectivity index (χ4n) is 2.76. The van der Waals surface area contributed by atoms with E-state index in [0.29, 0.717) is 16.4 Å². The first kappa shape index (κ1) is 14.0. The summed E-state index contributed by atoms with van der Waals surface area (Å²) in [5.74, 6) is 0.483. The molecule has 0 aromatic heterocycles. The van der Waals surface area contributed by atoms with Gasteiger partial charge in [-0.1, -0.05) is 19.1 Å². The van der Waals surface area contributed by atoms with E-state index in [4.69, 9.17) is 0 Å². The third-order valence-corrected chi connectivity index (χ3v) is 4.63. The highest BCUT2D eigenvalue weighted by atomic mass is 79.9. The largest absolute Gasteiger partial charge is 0.305 e. The van der Waals surface area contributed by atoms with Gasteiger partial charge in [0, 0.05) is 25.7 Å². The molecule has 2 unspecified atom stereocenters. The molecule has 2 nitrogen and oxygen atoms in total. The number of rotatable bonds is 3. The molecule has 18 heavy (non-hydrogen) atoms. The van der Waals surface area contributed by atoms with Crippen LogP contribution in [0.3, 0.4) is 0 Å². The van der Waals surface area contributed by atoms with Crippen molar-refractivity contribution >= 4 is 15.9 Å². The first-order chi connectivity index (χ1) is 8.49. The van der Waals surface area contributed by atoms with Crippen LogP contribution < -0.4 is 0 Å². The molecule has 0 spiro atoms. The summed E-state index contributed by atoms with van der Waals surface area (Å²) in [7, 11) is 4.26. The fraction of sp³-hybridized carbons (Fsp3) is 0.571. The smallest absolute Gasteiger partial charge is 0.137 e. The van der Waals surface area contributed by atoms with Crippen molar-refractivity contribution in [3.05, 3.63) is 34.1 Å². The maximum absolute atomic E-state index is 13.5. The van der Waals surface area contributed by atoms with Gasteiger partial charge in [-0.05, 0) is 47.6 Å². The van der Waals surface area contributed by atoms with E-state index in [1.807, 2.05) is 6.07 Å². The molecule has 0 saturated carbocycles. The van der Waals surface area contributed by atoms with Gasteiger partial charge in [-0.2, -0.15) is 0 Å². The lowest BCUT2D eigenvalue weighted by Crippen LogP contribution is -2.34. The molecule has 100 valence electrons. The Balaban J connectivity index is 2.05. The molecule has 1 heterocycles. The van der Waals surface area contributed by atoms with E-state index in [1.165, 1.54) is 6.07 Å². The second-order valence-corrected chi connectivity index (χ2v) is 6.21. The van der Waals surface area contributed by atoms with Crippen LogP contribution in [0.2, 0.25) is 0 Å². The van der Waals surface area contributed by atoms with Crippen molar-refractivity contribution < 1.29 is 4.39 Å². The lowest BCUT2D eigenvalue weighted by atomic mass is 10.1. The lowest BCUT2D eigenvalue weighted by molar-refractivity contribution is 0.250. The van der Waals surface area contributed by atoms with Gasteiger partial charge in [-0.15, -0.1) is 0 Å². The van der Waals surface area contributed by atoms with Crippen molar-refractivity contribution in [2.75, 3.05) is 27.2 Å². The summed E-state index contributed by atoms with van der Waals surface area (Å²) < 4.78 is 14.1. The summed E-state index contributed by atoms with van der Waals surface area (Å²) in [6.45, 7) is 5.22. The summed E-state index contributed by atoms with van der Waals surface area (Å²) in [6.07, 6.45) is 0. The van der Waals surface area contributed by atoms with Crippen LogP contribution in [-0.2, 0) is 6.54 Å². The minimum atomic E-state index is -0.177. The molecule has 4 heteroatoms. The van der Waals surface area contributed by atoms with E-state index >= 15 is 0 Å². The van der Waals surface area contributed by atoms with E-state index < -0.39 is 0 Å². The molecular weight excluding hydrogens is 295 g/mol. The number of hydrogen-bond donors (Lipinski definition) is 0. The molecular formula is C14H20BrFN2. The Hall–Kier alpha value is -0.450. The highest BCUT2D eigenvalue weighted by molar-refractivity contribution is 9.10. The Labute approximate surface area is 117 Å². The van der Waals surface area contributed by atoms with E-state index in [0.717, 1.165) is 25.2 Å². The topological polar surface area (TPSA) is 6.48 Å². The minimum Gasteiger partial charge on any atom is -0.305 e. The quantitative estimate of drug-likeness (QED) is 0.846. The van der Waals surface area contributed by atoms with E-state index in [2.05, 4.69) is 46.7 Å². The van der Waals surface area contributed by atoms with Crippen molar-refractivity contribution in [1.29, 1.82) is 0 Å². The molecule has 1 aromatic rings. The summed E-state index contributed by atoms with van der Waals surface area (Å²) in [6, 6.07) is 5.85. The molecule has 2 rings (SSSR count). The zero-order chi connectivity index (χ0) is 13.3. The first-order valence-corrected chi connectivity index (χ1v) is 7.10. The van der Waals surface area contributed by atoms with Crippen molar-refractivity contribution in [3.63, 3.8) is 0 Å². The normalized spacial score (nSPS) is 25.0. The summed E-state index contributed by atoms with van der Waals surface area (Å²) >= 11 is 3.33. The molecule has 1 saturated heterocycles. The van der Waals surface area contributed by atoms with Crippen molar-refractivity contribution in [3.8, 4) is 0 Å². The first-order valence-electron chi connectivity index (χ1n) is 6.30. The molecule has 0 amide bonds. The van der Waals surface area contributed by atoms with Gasteiger partial charge in [-0.3, -0.25) is 4.90 Å². The molecule has 1 aliphatic rings. The van der Waals surface area contributed by atoms with Gasteiger partial charge in [-0.25, -0.2) is 4.39 Å². The standard InChI is InChI=1S/C14H20BrFN2/c1-10-7-18(9-13(10)17(2)3)8-11-5-4-6-12(16)14(11)15/h4-6,10,13H,7-9H2,1-3H3. The Bertz CT molecular complexity index is 422. The monoisotopic (exact) mass is 314 g/mol. The second kappa shape index (κ2) is 5.68. The molecule has 0 aliphatic carbocycles. The Morgan fingerprint density at radius 3 is 2.72 bits per heavy atom.